The highest BCUT2D eigenvalue weighted by molar-refractivity contribution is 9.10. The van der Waals surface area contributed by atoms with Gasteiger partial charge in [-0.05, 0) is 36.2 Å². The minimum Gasteiger partial charge on any atom is -0.394 e. The van der Waals surface area contributed by atoms with Crippen molar-refractivity contribution in [1.82, 2.24) is 4.98 Å². The molecular formula is C20H23BrN4O. The number of benzene rings is 1. The van der Waals surface area contributed by atoms with Crippen LogP contribution in [0.15, 0.2) is 57.1 Å². The maximum absolute atomic E-state index is 9.22. The van der Waals surface area contributed by atoms with Gasteiger partial charge in [-0.25, -0.2) is 0 Å². The summed E-state index contributed by atoms with van der Waals surface area (Å²) in [4.78, 5) is 14.2. The van der Waals surface area contributed by atoms with Crippen LogP contribution in [0.3, 0.4) is 0 Å². The van der Waals surface area contributed by atoms with E-state index < -0.39 is 0 Å². The number of aliphatic hydroxyl groups excluding tert-OH is 1. The number of amidine groups is 1. The van der Waals surface area contributed by atoms with Gasteiger partial charge in [-0.1, -0.05) is 42.3 Å². The Hall–Kier alpha value is -2.05. The molecule has 0 fully saturated rings. The van der Waals surface area contributed by atoms with E-state index in [1.807, 2.05) is 30.3 Å². The summed E-state index contributed by atoms with van der Waals surface area (Å²) in [5, 5.41) is 12.7. The second-order valence-corrected chi connectivity index (χ2v) is 7.24. The number of aliphatic imine (C=N–C) groups is 2. The number of hydrogen-bond donors (Lipinski definition) is 2. The number of aliphatic hydroxyl groups is 1. The number of pyridine rings is 1. The lowest BCUT2D eigenvalue weighted by molar-refractivity contribution is 0.306. The van der Waals surface area contributed by atoms with E-state index in [-0.39, 0.29) is 12.6 Å². The molecule has 1 unspecified atom stereocenters. The third kappa shape index (κ3) is 4.02. The van der Waals surface area contributed by atoms with Crippen molar-refractivity contribution in [3.63, 3.8) is 0 Å². The molecule has 5 nitrogen and oxygen atoms in total. The fourth-order valence-corrected chi connectivity index (χ4v) is 3.29. The number of hydrogen-bond acceptors (Lipinski definition) is 4. The van der Waals surface area contributed by atoms with Crippen LogP contribution in [0.2, 0.25) is 0 Å². The van der Waals surface area contributed by atoms with E-state index in [1.54, 1.807) is 6.20 Å². The molecule has 0 spiro atoms. The number of aromatic nitrogens is 1. The lowest BCUT2D eigenvalue weighted by Crippen LogP contribution is -2.32. The quantitative estimate of drug-likeness (QED) is 0.778. The summed E-state index contributed by atoms with van der Waals surface area (Å²) in [5.74, 6) is 1.10. The lowest BCUT2D eigenvalue weighted by atomic mass is 9.98. The molecule has 0 bridgehead atoms. The summed E-state index contributed by atoms with van der Waals surface area (Å²) < 4.78 is 0.984. The number of fused-ring (bicyclic) bond motifs is 1. The fourth-order valence-electron chi connectivity index (χ4n) is 2.93. The number of rotatable bonds is 5. The smallest absolute Gasteiger partial charge is 0.126 e. The van der Waals surface area contributed by atoms with Crippen LogP contribution >= 0.6 is 15.9 Å². The molecule has 2 N–H and O–H groups in total. The molecule has 6 heteroatoms. The van der Waals surface area contributed by atoms with E-state index in [1.165, 1.54) is 0 Å². The Morgan fingerprint density at radius 3 is 2.85 bits per heavy atom. The Balaban J connectivity index is 2.21. The summed E-state index contributed by atoms with van der Waals surface area (Å²) >= 11 is 3.56. The predicted octanol–water partition coefficient (Wildman–Crippen LogP) is 3.91. The molecule has 2 heterocycles. The Morgan fingerprint density at radius 1 is 1.31 bits per heavy atom. The Morgan fingerprint density at radius 2 is 2.15 bits per heavy atom. The normalized spacial score (nSPS) is 19.3. The van der Waals surface area contributed by atoms with Crippen molar-refractivity contribution < 1.29 is 5.11 Å². The van der Waals surface area contributed by atoms with E-state index in [2.05, 4.69) is 51.1 Å². The van der Waals surface area contributed by atoms with Crippen LogP contribution in [0.25, 0.3) is 0 Å². The molecule has 1 aromatic heterocycles. The number of halogens is 1. The highest BCUT2D eigenvalue weighted by atomic mass is 79.9. The highest BCUT2D eigenvalue weighted by Gasteiger charge is 2.28. The second-order valence-electron chi connectivity index (χ2n) is 6.33. The molecule has 0 radical (unpaired) electrons. The van der Waals surface area contributed by atoms with Crippen LogP contribution in [-0.2, 0) is 0 Å². The third-order valence-electron chi connectivity index (χ3n) is 4.52. The zero-order chi connectivity index (χ0) is 18.5. The maximum Gasteiger partial charge on any atom is 0.126 e. The molecule has 2 aromatic rings. The Kier molecular flexibility index (Phi) is 6.16. The Bertz CT molecular complexity index is 820. The average molecular weight is 415 g/mol. The summed E-state index contributed by atoms with van der Waals surface area (Å²) in [7, 11) is 0. The first-order chi connectivity index (χ1) is 12.6. The van der Waals surface area contributed by atoms with Crippen LogP contribution in [0, 0.1) is 5.92 Å². The fraction of sp³-hybridized carbons (Fsp3) is 0.350. The first-order valence-electron chi connectivity index (χ1n) is 8.85. The van der Waals surface area contributed by atoms with Crippen molar-refractivity contribution in [3.05, 3.63) is 58.3 Å². The first-order valence-corrected chi connectivity index (χ1v) is 9.64. The van der Waals surface area contributed by atoms with Crippen molar-refractivity contribution in [2.45, 2.75) is 26.3 Å². The van der Waals surface area contributed by atoms with Gasteiger partial charge in [0.2, 0.25) is 0 Å². The van der Waals surface area contributed by atoms with Gasteiger partial charge in [-0.2, -0.15) is 0 Å². The molecule has 1 aromatic carbocycles. The highest BCUT2D eigenvalue weighted by Crippen LogP contribution is 2.29. The van der Waals surface area contributed by atoms with E-state index >= 15 is 0 Å². The van der Waals surface area contributed by atoms with E-state index in [0.29, 0.717) is 12.5 Å². The van der Waals surface area contributed by atoms with Crippen LogP contribution in [0.1, 0.15) is 31.5 Å². The summed E-state index contributed by atoms with van der Waals surface area (Å²) in [6.45, 7) is 4.70. The zero-order valence-corrected chi connectivity index (χ0v) is 16.6. The monoisotopic (exact) mass is 414 g/mol. The maximum atomic E-state index is 9.22. The first kappa shape index (κ1) is 18.7. The summed E-state index contributed by atoms with van der Waals surface area (Å²) in [6.07, 6.45) is 2.76. The molecule has 1 aliphatic rings. The molecule has 136 valence electrons. The van der Waals surface area contributed by atoms with Gasteiger partial charge in [0, 0.05) is 21.9 Å². The van der Waals surface area contributed by atoms with Crippen molar-refractivity contribution in [1.29, 1.82) is 0 Å². The van der Waals surface area contributed by atoms with E-state index in [0.717, 1.165) is 39.4 Å². The topological polar surface area (TPSA) is 69.9 Å². The molecule has 1 aliphatic heterocycles. The minimum atomic E-state index is -0.116. The largest absolute Gasteiger partial charge is 0.394 e. The van der Waals surface area contributed by atoms with Gasteiger partial charge in [0.25, 0.3) is 0 Å². The van der Waals surface area contributed by atoms with Gasteiger partial charge in [0.1, 0.15) is 11.9 Å². The van der Waals surface area contributed by atoms with Gasteiger partial charge >= 0.3 is 0 Å². The molecule has 0 saturated heterocycles. The third-order valence-corrected chi connectivity index (χ3v) is 5.01. The molecule has 0 aliphatic carbocycles. The summed E-state index contributed by atoms with van der Waals surface area (Å²) in [5.41, 5.74) is 3.62. The van der Waals surface area contributed by atoms with Gasteiger partial charge in [-0.15, -0.1) is 0 Å². The zero-order valence-electron chi connectivity index (χ0n) is 15.0. The van der Waals surface area contributed by atoms with E-state index in [9.17, 15) is 5.11 Å². The molecule has 0 amide bonds. The van der Waals surface area contributed by atoms with Crippen LogP contribution < -0.4 is 5.32 Å². The van der Waals surface area contributed by atoms with Gasteiger partial charge in [-0.3, -0.25) is 15.0 Å². The molecule has 26 heavy (non-hydrogen) atoms. The summed E-state index contributed by atoms with van der Waals surface area (Å²) in [6, 6.07) is 11.8. The van der Waals surface area contributed by atoms with Gasteiger partial charge < -0.3 is 10.4 Å². The van der Waals surface area contributed by atoms with Crippen LogP contribution in [-0.4, -0.2) is 40.8 Å². The van der Waals surface area contributed by atoms with Crippen molar-refractivity contribution in [3.8, 4) is 0 Å². The van der Waals surface area contributed by atoms with Crippen LogP contribution in [0.5, 0.6) is 0 Å². The second kappa shape index (κ2) is 8.56. The number of anilines is 1. The predicted molar refractivity (Wildman–Crippen MR) is 110 cm³/mol. The lowest BCUT2D eigenvalue weighted by Gasteiger charge is -2.21. The standard InChI is InChI=1S/C20H23BrN4O/c1-3-13(2)18-20(23-10-11-26)24-16-8-7-14(21)12-15(16)19(25-18)17-6-4-5-9-22-17/h4-9,12-13,18,26H,3,10-11H2,1-2H3,(H,23,24)/t13-,18?/m0/s1. The molecule has 2 atom stereocenters. The van der Waals surface area contributed by atoms with Gasteiger partial charge in [0.15, 0.2) is 0 Å². The van der Waals surface area contributed by atoms with Crippen molar-refractivity contribution in [2.75, 3.05) is 18.5 Å². The number of nitrogens with zero attached hydrogens (tertiary/aromatic N) is 3. The average Bonchev–Trinajstić information content (AvgIpc) is 2.83. The number of benzodiazepines with no additional fused rings is 1. The van der Waals surface area contributed by atoms with Gasteiger partial charge in [0.05, 0.1) is 24.6 Å². The van der Waals surface area contributed by atoms with Crippen LogP contribution in [0.4, 0.5) is 5.69 Å². The SMILES string of the molecule is CC[C@H](C)C1N=C(c2ccccn2)c2cc(Br)ccc2NC1=NCCO. The minimum absolute atomic E-state index is 0.0163. The molecular weight excluding hydrogens is 392 g/mol. The number of nitrogens with one attached hydrogen (secondary N) is 1. The molecule has 0 saturated carbocycles. The Labute approximate surface area is 162 Å². The molecule has 3 rings (SSSR count). The van der Waals surface area contributed by atoms with Crippen molar-refractivity contribution >= 4 is 33.2 Å². The van der Waals surface area contributed by atoms with E-state index in [4.69, 9.17) is 4.99 Å². The van der Waals surface area contributed by atoms with Crippen molar-refractivity contribution in [2.24, 2.45) is 15.9 Å².